The van der Waals surface area contributed by atoms with Gasteiger partial charge >= 0.3 is 0 Å². The van der Waals surface area contributed by atoms with Crippen molar-refractivity contribution < 1.29 is 0 Å². The average molecular weight is 385 g/mol. The topological polar surface area (TPSA) is 50.7 Å². The standard InChI is InChI=1S/C15H14ClN3S.BrH/c16-14-8-6-12(7-9-14)10-18-19-15(17)20-11-13-4-2-1-3-5-13;/h1-10H,11H2,(H2,17,19);1H. The van der Waals surface area contributed by atoms with Gasteiger partial charge in [0.25, 0.3) is 0 Å². The van der Waals surface area contributed by atoms with E-state index in [4.69, 9.17) is 17.3 Å². The largest absolute Gasteiger partial charge is 0.377 e. The normalized spacial score (nSPS) is 11.4. The van der Waals surface area contributed by atoms with Gasteiger partial charge in [0.1, 0.15) is 0 Å². The third-order valence-corrected chi connectivity index (χ3v) is 3.57. The zero-order valence-corrected chi connectivity index (χ0v) is 14.4. The summed E-state index contributed by atoms with van der Waals surface area (Å²) in [5.74, 6) is 0.784. The number of rotatable bonds is 4. The third-order valence-electron chi connectivity index (χ3n) is 2.46. The lowest BCUT2D eigenvalue weighted by molar-refractivity contribution is 1.25. The summed E-state index contributed by atoms with van der Waals surface area (Å²) in [6.07, 6.45) is 1.65. The van der Waals surface area contributed by atoms with Gasteiger partial charge in [-0.2, -0.15) is 5.10 Å². The maximum atomic E-state index is 5.80. The fourth-order valence-corrected chi connectivity index (χ4v) is 2.20. The van der Waals surface area contributed by atoms with Crippen LogP contribution in [0.5, 0.6) is 0 Å². The molecule has 2 rings (SSSR count). The summed E-state index contributed by atoms with van der Waals surface area (Å²) in [7, 11) is 0. The molecule has 2 N–H and O–H groups in total. The Morgan fingerprint density at radius 3 is 2.43 bits per heavy atom. The lowest BCUT2D eigenvalue weighted by atomic mass is 10.2. The molecule has 0 aliphatic rings. The Hall–Kier alpha value is -1.30. The van der Waals surface area contributed by atoms with Gasteiger partial charge in [0.2, 0.25) is 0 Å². The molecule has 3 nitrogen and oxygen atoms in total. The highest BCUT2D eigenvalue weighted by molar-refractivity contribution is 8.93. The number of hydrogen-bond donors (Lipinski definition) is 1. The Bertz CT molecular complexity index is 600. The molecule has 0 unspecified atom stereocenters. The molecule has 0 amide bonds. The number of hydrogen-bond acceptors (Lipinski definition) is 3. The summed E-state index contributed by atoms with van der Waals surface area (Å²) in [6.45, 7) is 0. The molecular formula is C15H15BrClN3S. The van der Waals surface area contributed by atoms with Crippen LogP contribution in [0.4, 0.5) is 0 Å². The van der Waals surface area contributed by atoms with Crippen molar-refractivity contribution in [1.29, 1.82) is 0 Å². The molecule has 2 aromatic carbocycles. The van der Waals surface area contributed by atoms with E-state index in [9.17, 15) is 0 Å². The van der Waals surface area contributed by atoms with Gasteiger partial charge in [-0.15, -0.1) is 22.1 Å². The molecule has 0 aliphatic heterocycles. The van der Waals surface area contributed by atoms with Gasteiger partial charge in [-0.1, -0.05) is 65.8 Å². The Labute approximate surface area is 144 Å². The Kier molecular flexibility index (Phi) is 8.12. The Morgan fingerprint density at radius 2 is 1.76 bits per heavy atom. The summed E-state index contributed by atoms with van der Waals surface area (Å²) in [4.78, 5) is 0. The maximum absolute atomic E-state index is 5.80. The van der Waals surface area contributed by atoms with Crippen molar-refractivity contribution in [3.8, 4) is 0 Å². The molecule has 110 valence electrons. The van der Waals surface area contributed by atoms with Crippen molar-refractivity contribution in [2.45, 2.75) is 5.75 Å². The molecule has 21 heavy (non-hydrogen) atoms. The van der Waals surface area contributed by atoms with Crippen molar-refractivity contribution in [2.24, 2.45) is 15.9 Å². The van der Waals surface area contributed by atoms with Gasteiger partial charge in [0, 0.05) is 10.8 Å². The molecular weight excluding hydrogens is 370 g/mol. The fourth-order valence-electron chi connectivity index (χ4n) is 1.46. The molecule has 0 atom stereocenters. The molecule has 0 radical (unpaired) electrons. The minimum atomic E-state index is 0. The van der Waals surface area contributed by atoms with Gasteiger partial charge in [0.15, 0.2) is 5.17 Å². The number of amidine groups is 1. The predicted molar refractivity (Wildman–Crippen MR) is 98.7 cm³/mol. The Morgan fingerprint density at radius 1 is 1.10 bits per heavy atom. The second-order valence-corrected chi connectivity index (χ2v) is 5.44. The molecule has 0 heterocycles. The average Bonchev–Trinajstić information content (AvgIpc) is 2.48. The molecule has 0 aromatic heterocycles. The van der Waals surface area contributed by atoms with E-state index < -0.39 is 0 Å². The highest BCUT2D eigenvalue weighted by atomic mass is 79.9. The van der Waals surface area contributed by atoms with E-state index >= 15 is 0 Å². The summed E-state index contributed by atoms with van der Waals surface area (Å²) in [6, 6.07) is 17.4. The maximum Gasteiger partial charge on any atom is 0.180 e. The molecule has 0 bridgehead atoms. The minimum Gasteiger partial charge on any atom is -0.377 e. The van der Waals surface area contributed by atoms with Crippen molar-refractivity contribution in [3.05, 3.63) is 70.7 Å². The van der Waals surface area contributed by atoms with Gasteiger partial charge in [-0.25, -0.2) is 0 Å². The van der Waals surface area contributed by atoms with E-state index in [-0.39, 0.29) is 17.0 Å². The van der Waals surface area contributed by atoms with E-state index in [0.29, 0.717) is 10.2 Å². The predicted octanol–water partition coefficient (Wildman–Crippen LogP) is 4.50. The monoisotopic (exact) mass is 383 g/mol. The lowest BCUT2D eigenvalue weighted by Gasteiger charge is -1.99. The first kappa shape index (κ1) is 17.8. The first-order valence-corrected chi connectivity index (χ1v) is 7.39. The second-order valence-electron chi connectivity index (χ2n) is 4.01. The number of thioether (sulfide) groups is 1. The fraction of sp³-hybridized carbons (Fsp3) is 0.0667. The summed E-state index contributed by atoms with van der Waals surface area (Å²) < 4.78 is 0. The van der Waals surface area contributed by atoms with Crippen LogP contribution in [-0.4, -0.2) is 11.4 Å². The number of benzene rings is 2. The summed E-state index contributed by atoms with van der Waals surface area (Å²) >= 11 is 7.26. The van der Waals surface area contributed by atoms with Crippen molar-refractivity contribution in [3.63, 3.8) is 0 Å². The van der Waals surface area contributed by atoms with E-state index in [2.05, 4.69) is 22.3 Å². The molecule has 0 aliphatic carbocycles. The second kappa shape index (κ2) is 9.60. The van der Waals surface area contributed by atoms with Crippen LogP contribution < -0.4 is 5.73 Å². The number of halogens is 2. The van der Waals surface area contributed by atoms with E-state index in [1.54, 1.807) is 18.3 Å². The van der Waals surface area contributed by atoms with E-state index in [0.717, 1.165) is 11.3 Å². The van der Waals surface area contributed by atoms with Gasteiger partial charge < -0.3 is 5.73 Å². The third kappa shape index (κ3) is 6.80. The van der Waals surface area contributed by atoms with Gasteiger partial charge in [-0.05, 0) is 23.3 Å². The summed E-state index contributed by atoms with van der Waals surface area (Å²) in [5.41, 5.74) is 7.92. The molecule has 2 aromatic rings. The first-order chi connectivity index (χ1) is 9.74. The van der Waals surface area contributed by atoms with Crippen LogP contribution >= 0.6 is 40.3 Å². The zero-order valence-electron chi connectivity index (χ0n) is 11.1. The quantitative estimate of drug-likeness (QED) is 0.479. The first-order valence-electron chi connectivity index (χ1n) is 6.03. The number of nitrogens with zero attached hydrogens (tertiary/aromatic N) is 2. The van der Waals surface area contributed by atoms with Crippen molar-refractivity contribution >= 4 is 51.7 Å². The highest BCUT2D eigenvalue weighted by Crippen LogP contribution is 2.11. The SMILES string of the molecule is Br.N/C(=N/N=Cc1ccc(Cl)cc1)SCc1ccccc1. The molecule has 0 spiro atoms. The van der Waals surface area contributed by atoms with Crippen LogP contribution in [0.1, 0.15) is 11.1 Å². The van der Waals surface area contributed by atoms with Crippen molar-refractivity contribution in [1.82, 2.24) is 0 Å². The van der Waals surface area contributed by atoms with Gasteiger partial charge in [0.05, 0.1) is 6.21 Å². The van der Waals surface area contributed by atoms with Crippen LogP contribution in [0.25, 0.3) is 0 Å². The number of nitrogens with two attached hydrogens (primary N) is 1. The zero-order chi connectivity index (χ0) is 14.2. The van der Waals surface area contributed by atoms with Crippen LogP contribution in [0.15, 0.2) is 64.8 Å². The Balaban J connectivity index is 0.00000220. The molecule has 0 fully saturated rings. The summed E-state index contributed by atoms with van der Waals surface area (Å²) in [5, 5.41) is 9.05. The van der Waals surface area contributed by atoms with Crippen molar-refractivity contribution in [2.75, 3.05) is 0 Å². The van der Waals surface area contributed by atoms with Crippen LogP contribution in [-0.2, 0) is 5.75 Å². The smallest absolute Gasteiger partial charge is 0.180 e. The highest BCUT2D eigenvalue weighted by Gasteiger charge is 1.95. The lowest BCUT2D eigenvalue weighted by Crippen LogP contribution is -2.05. The van der Waals surface area contributed by atoms with Crippen LogP contribution in [0, 0.1) is 0 Å². The van der Waals surface area contributed by atoms with Crippen LogP contribution in [0.2, 0.25) is 5.02 Å². The van der Waals surface area contributed by atoms with E-state index in [1.807, 2.05) is 30.3 Å². The van der Waals surface area contributed by atoms with Gasteiger partial charge in [-0.3, -0.25) is 0 Å². The van der Waals surface area contributed by atoms with Crippen LogP contribution in [0.3, 0.4) is 0 Å². The molecule has 0 saturated heterocycles. The molecule has 0 saturated carbocycles. The minimum absolute atomic E-state index is 0. The molecule has 6 heteroatoms. The van der Waals surface area contributed by atoms with E-state index in [1.165, 1.54) is 17.3 Å².